The molecule has 6 heteroatoms. The van der Waals surface area contributed by atoms with Gasteiger partial charge in [-0.15, -0.1) is 11.3 Å². The lowest BCUT2D eigenvalue weighted by Gasteiger charge is -2.07. The van der Waals surface area contributed by atoms with Crippen LogP contribution in [0, 0.1) is 15.2 Å². The van der Waals surface area contributed by atoms with Gasteiger partial charge < -0.3 is 5.32 Å². The van der Waals surface area contributed by atoms with E-state index >= 15 is 0 Å². The normalized spacial score (nSPS) is 14.3. The topological polar surface area (TPSA) is 29.1 Å². The minimum absolute atomic E-state index is 0.0737. The zero-order chi connectivity index (χ0) is 14.3. The lowest BCUT2D eigenvalue weighted by Crippen LogP contribution is -2.12. The van der Waals surface area contributed by atoms with Crippen molar-refractivity contribution in [2.45, 2.75) is 18.8 Å². The minimum Gasteiger partial charge on any atom is -0.321 e. The molecular formula is C14H10F2INOS. The summed E-state index contributed by atoms with van der Waals surface area (Å²) in [4.78, 5) is 12.8. The molecule has 20 heavy (non-hydrogen) atoms. The molecule has 1 aromatic carbocycles. The molecule has 0 spiro atoms. The molecule has 0 atom stereocenters. The number of anilines is 1. The summed E-state index contributed by atoms with van der Waals surface area (Å²) in [6.07, 6.45) is 2.20. The van der Waals surface area contributed by atoms with E-state index < -0.39 is 11.6 Å². The highest BCUT2D eigenvalue weighted by Crippen LogP contribution is 2.43. The third-order valence-electron chi connectivity index (χ3n) is 3.16. The molecule has 1 aliphatic carbocycles. The third-order valence-corrected chi connectivity index (χ3v) is 5.12. The number of benzene rings is 1. The van der Waals surface area contributed by atoms with Gasteiger partial charge in [-0.3, -0.25) is 4.79 Å². The molecule has 1 amide bonds. The third kappa shape index (κ3) is 2.71. The van der Waals surface area contributed by atoms with Crippen LogP contribution in [0.4, 0.5) is 14.5 Å². The molecule has 104 valence electrons. The van der Waals surface area contributed by atoms with E-state index in [2.05, 4.69) is 5.32 Å². The maximum atomic E-state index is 13.5. The molecule has 1 N–H and O–H groups in total. The van der Waals surface area contributed by atoms with Gasteiger partial charge >= 0.3 is 0 Å². The summed E-state index contributed by atoms with van der Waals surface area (Å²) in [6, 6.07) is 4.21. The van der Waals surface area contributed by atoms with E-state index in [1.54, 1.807) is 22.6 Å². The molecule has 2 aromatic rings. The number of halogens is 3. The van der Waals surface area contributed by atoms with Crippen molar-refractivity contribution < 1.29 is 13.6 Å². The highest BCUT2D eigenvalue weighted by Gasteiger charge is 2.29. The van der Waals surface area contributed by atoms with E-state index in [9.17, 15) is 13.6 Å². The average Bonchev–Trinajstić information content (AvgIpc) is 3.13. The van der Waals surface area contributed by atoms with Gasteiger partial charge in [-0.1, -0.05) is 0 Å². The van der Waals surface area contributed by atoms with Gasteiger partial charge in [0.05, 0.1) is 8.45 Å². The summed E-state index contributed by atoms with van der Waals surface area (Å²) in [5.41, 5.74) is 1.18. The van der Waals surface area contributed by atoms with Crippen LogP contribution in [-0.4, -0.2) is 5.91 Å². The molecule has 2 nitrogen and oxygen atoms in total. The Bertz CT molecular complexity index is 659. The van der Waals surface area contributed by atoms with Crippen molar-refractivity contribution in [2.75, 3.05) is 5.32 Å². The van der Waals surface area contributed by atoms with Crippen LogP contribution < -0.4 is 5.32 Å². The summed E-state index contributed by atoms with van der Waals surface area (Å²) in [7, 11) is 0. The van der Waals surface area contributed by atoms with Crippen molar-refractivity contribution in [3.8, 4) is 0 Å². The Balaban J connectivity index is 1.84. The van der Waals surface area contributed by atoms with Crippen LogP contribution in [0.25, 0.3) is 0 Å². The Morgan fingerprint density at radius 1 is 1.30 bits per heavy atom. The molecule has 1 aliphatic rings. The molecule has 0 aliphatic heterocycles. The number of rotatable bonds is 3. The van der Waals surface area contributed by atoms with E-state index in [1.807, 2.05) is 11.4 Å². The van der Waals surface area contributed by atoms with Crippen LogP contribution >= 0.6 is 33.9 Å². The van der Waals surface area contributed by atoms with Gasteiger partial charge in [0.2, 0.25) is 0 Å². The Morgan fingerprint density at radius 3 is 2.55 bits per heavy atom. The number of amides is 1. The summed E-state index contributed by atoms with van der Waals surface area (Å²) in [6.45, 7) is 0. The maximum Gasteiger partial charge on any atom is 0.266 e. The second kappa shape index (κ2) is 5.40. The first-order valence-electron chi connectivity index (χ1n) is 6.09. The summed E-state index contributed by atoms with van der Waals surface area (Å²) >= 11 is 2.95. The maximum absolute atomic E-state index is 13.5. The largest absolute Gasteiger partial charge is 0.321 e. The summed E-state index contributed by atoms with van der Waals surface area (Å²) in [5.74, 6) is -1.18. The zero-order valence-electron chi connectivity index (χ0n) is 10.3. The molecule has 1 aromatic heterocycles. The fourth-order valence-corrected chi connectivity index (χ4v) is 3.23. The van der Waals surface area contributed by atoms with Crippen LogP contribution in [0.5, 0.6) is 0 Å². The number of carbonyl (C=O) groups is 1. The monoisotopic (exact) mass is 405 g/mol. The van der Waals surface area contributed by atoms with Crippen molar-refractivity contribution in [3.05, 3.63) is 49.2 Å². The molecule has 0 unspecified atom stereocenters. The van der Waals surface area contributed by atoms with Gasteiger partial charge in [0.25, 0.3) is 5.91 Å². The van der Waals surface area contributed by atoms with Crippen molar-refractivity contribution in [3.63, 3.8) is 0 Å². The minimum atomic E-state index is -0.672. The van der Waals surface area contributed by atoms with Gasteiger partial charge in [0, 0.05) is 5.69 Å². The smallest absolute Gasteiger partial charge is 0.266 e. The number of hydrogen-bond donors (Lipinski definition) is 1. The van der Waals surface area contributed by atoms with Gasteiger partial charge in [0.1, 0.15) is 11.6 Å². The predicted octanol–water partition coefficient (Wildman–Crippen LogP) is 4.76. The second-order valence-electron chi connectivity index (χ2n) is 4.69. The Hall–Kier alpha value is -1.02. The number of thiophene rings is 1. The quantitative estimate of drug-likeness (QED) is 0.579. The Labute approximate surface area is 132 Å². The van der Waals surface area contributed by atoms with E-state index in [4.69, 9.17) is 0 Å². The highest BCUT2D eigenvalue weighted by molar-refractivity contribution is 14.1. The summed E-state index contributed by atoms with van der Waals surface area (Å²) in [5, 5.41) is 4.44. The molecule has 1 fully saturated rings. The van der Waals surface area contributed by atoms with Crippen molar-refractivity contribution in [1.29, 1.82) is 0 Å². The molecule has 1 heterocycles. The van der Waals surface area contributed by atoms with Crippen molar-refractivity contribution in [2.24, 2.45) is 0 Å². The molecule has 0 saturated heterocycles. The molecule has 0 bridgehead atoms. The average molecular weight is 405 g/mol. The predicted molar refractivity (Wildman–Crippen MR) is 83.3 cm³/mol. The van der Waals surface area contributed by atoms with Gasteiger partial charge in [-0.2, -0.15) is 0 Å². The molecule has 0 radical (unpaired) electrons. The Kier molecular flexibility index (Phi) is 3.76. The van der Waals surface area contributed by atoms with Crippen LogP contribution in [0.15, 0.2) is 23.6 Å². The van der Waals surface area contributed by atoms with Gasteiger partial charge in [-0.05, 0) is 70.5 Å². The standard InChI is InChI=1S/C14H10F2INOS/c15-10-5-8(6-11(16)12(10)17)18-14(19)13-9(3-4-20-13)7-1-2-7/h3-7H,1-2H2,(H,18,19). The first kappa shape index (κ1) is 13.9. The van der Waals surface area contributed by atoms with Gasteiger partial charge in [0.15, 0.2) is 0 Å². The number of nitrogens with one attached hydrogen (secondary N) is 1. The highest BCUT2D eigenvalue weighted by atomic mass is 127. The van der Waals surface area contributed by atoms with E-state index in [-0.39, 0.29) is 15.2 Å². The molecule has 1 saturated carbocycles. The van der Waals surface area contributed by atoms with Crippen molar-refractivity contribution in [1.82, 2.24) is 0 Å². The van der Waals surface area contributed by atoms with Crippen LogP contribution in [-0.2, 0) is 0 Å². The van der Waals surface area contributed by atoms with Crippen LogP contribution in [0.3, 0.4) is 0 Å². The van der Waals surface area contributed by atoms with Crippen molar-refractivity contribution >= 4 is 45.5 Å². The number of hydrogen-bond acceptors (Lipinski definition) is 2. The first-order valence-corrected chi connectivity index (χ1v) is 8.05. The fourth-order valence-electron chi connectivity index (χ4n) is 2.04. The SMILES string of the molecule is O=C(Nc1cc(F)c(I)c(F)c1)c1sccc1C1CC1. The molecule has 3 rings (SSSR count). The first-order chi connectivity index (χ1) is 9.56. The Morgan fingerprint density at radius 2 is 1.95 bits per heavy atom. The zero-order valence-corrected chi connectivity index (χ0v) is 13.2. The van der Waals surface area contributed by atoms with Crippen LogP contribution in [0.2, 0.25) is 0 Å². The summed E-state index contributed by atoms with van der Waals surface area (Å²) < 4.78 is 26.8. The van der Waals surface area contributed by atoms with E-state index in [1.165, 1.54) is 11.3 Å². The molecular weight excluding hydrogens is 395 g/mol. The van der Waals surface area contributed by atoms with Gasteiger partial charge in [-0.25, -0.2) is 8.78 Å². The fraction of sp³-hybridized carbons (Fsp3) is 0.214. The lowest BCUT2D eigenvalue weighted by molar-refractivity contribution is 0.102. The lowest BCUT2D eigenvalue weighted by atomic mass is 10.1. The van der Waals surface area contributed by atoms with E-state index in [0.717, 1.165) is 30.5 Å². The second-order valence-corrected chi connectivity index (χ2v) is 6.68. The van der Waals surface area contributed by atoms with Crippen LogP contribution in [0.1, 0.15) is 34.0 Å². The number of carbonyl (C=O) groups excluding carboxylic acids is 1. The van der Waals surface area contributed by atoms with E-state index in [0.29, 0.717) is 10.8 Å².